The van der Waals surface area contributed by atoms with Gasteiger partial charge < -0.3 is 10.2 Å². The molecule has 1 heterocycles. The molecule has 2 aliphatic rings. The number of rotatable bonds is 4. The van der Waals surface area contributed by atoms with Gasteiger partial charge in [-0.1, -0.05) is 33.6 Å². The van der Waals surface area contributed by atoms with Gasteiger partial charge in [0.2, 0.25) is 0 Å². The van der Waals surface area contributed by atoms with Crippen LogP contribution in [0.2, 0.25) is 0 Å². The van der Waals surface area contributed by atoms with E-state index in [1.807, 2.05) is 0 Å². The molecule has 2 nitrogen and oxygen atoms in total. The van der Waals surface area contributed by atoms with E-state index in [0.717, 1.165) is 30.3 Å². The molecule has 1 saturated heterocycles. The molecule has 18 heavy (non-hydrogen) atoms. The maximum absolute atomic E-state index is 3.72. The van der Waals surface area contributed by atoms with Gasteiger partial charge in [-0.3, -0.25) is 0 Å². The third-order valence-corrected chi connectivity index (χ3v) is 5.29. The largest absolute Gasteiger partial charge is 0.314 e. The Labute approximate surface area is 114 Å². The fourth-order valence-corrected chi connectivity index (χ4v) is 3.80. The maximum Gasteiger partial charge on any atom is 0.0107 e. The van der Waals surface area contributed by atoms with Crippen molar-refractivity contribution in [1.82, 2.24) is 10.2 Å². The van der Waals surface area contributed by atoms with Gasteiger partial charge in [-0.05, 0) is 50.1 Å². The fraction of sp³-hybridized carbons (Fsp3) is 1.00. The number of nitrogens with zero attached hydrogens (tertiary/aromatic N) is 1. The normalized spacial score (nSPS) is 38.8. The molecule has 1 saturated carbocycles. The number of nitrogens with one attached hydrogen (secondary N) is 1. The Hall–Kier alpha value is -0.0800. The van der Waals surface area contributed by atoms with Crippen molar-refractivity contribution in [2.75, 3.05) is 26.2 Å². The van der Waals surface area contributed by atoms with Crippen molar-refractivity contribution in [3.8, 4) is 0 Å². The van der Waals surface area contributed by atoms with Crippen LogP contribution >= 0.6 is 0 Å². The quantitative estimate of drug-likeness (QED) is 0.827. The van der Waals surface area contributed by atoms with Crippen LogP contribution in [0.3, 0.4) is 0 Å². The molecule has 4 atom stereocenters. The van der Waals surface area contributed by atoms with Crippen LogP contribution in [0.15, 0.2) is 0 Å². The van der Waals surface area contributed by atoms with Gasteiger partial charge in [-0.2, -0.15) is 0 Å². The van der Waals surface area contributed by atoms with Crippen molar-refractivity contribution in [2.45, 2.75) is 58.9 Å². The standard InChI is InChI=1S/C16H32N2/c1-4-17-16-8-6-5-7-15(16)12-18-10-9-13(2)14(3)11-18/h13-17H,4-12H2,1-3H3. The molecule has 0 aromatic heterocycles. The molecule has 0 spiro atoms. The summed E-state index contributed by atoms with van der Waals surface area (Å²) >= 11 is 0. The molecule has 2 heteroatoms. The molecule has 1 aliphatic heterocycles. The average molecular weight is 252 g/mol. The van der Waals surface area contributed by atoms with Gasteiger partial charge in [0, 0.05) is 19.1 Å². The van der Waals surface area contributed by atoms with E-state index in [9.17, 15) is 0 Å². The minimum absolute atomic E-state index is 0.790. The first-order chi connectivity index (χ1) is 8.70. The molecule has 106 valence electrons. The van der Waals surface area contributed by atoms with E-state index in [1.165, 1.54) is 51.7 Å². The first kappa shape index (κ1) is 14.3. The summed E-state index contributed by atoms with van der Waals surface area (Å²) in [4.78, 5) is 2.74. The predicted octanol–water partition coefficient (Wildman–Crippen LogP) is 3.13. The second-order valence-electron chi connectivity index (χ2n) is 6.71. The van der Waals surface area contributed by atoms with Crippen LogP contribution in [0.1, 0.15) is 52.9 Å². The summed E-state index contributed by atoms with van der Waals surface area (Å²) in [5.74, 6) is 2.72. The van der Waals surface area contributed by atoms with E-state index in [1.54, 1.807) is 0 Å². The van der Waals surface area contributed by atoms with E-state index in [4.69, 9.17) is 0 Å². The smallest absolute Gasteiger partial charge is 0.0107 e. The van der Waals surface area contributed by atoms with Crippen molar-refractivity contribution in [1.29, 1.82) is 0 Å². The topological polar surface area (TPSA) is 15.3 Å². The molecule has 4 unspecified atom stereocenters. The lowest BCUT2D eigenvalue weighted by molar-refractivity contribution is 0.0995. The SMILES string of the molecule is CCNC1CCCCC1CN1CCC(C)C(C)C1. The van der Waals surface area contributed by atoms with Gasteiger partial charge in [-0.25, -0.2) is 0 Å². The molecule has 0 bridgehead atoms. The van der Waals surface area contributed by atoms with Crippen LogP contribution in [0.25, 0.3) is 0 Å². The zero-order valence-electron chi connectivity index (χ0n) is 12.6. The minimum Gasteiger partial charge on any atom is -0.314 e. The third-order valence-electron chi connectivity index (χ3n) is 5.29. The van der Waals surface area contributed by atoms with Crippen molar-refractivity contribution in [2.24, 2.45) is 17.8 Å². The van der Waals surface area contributed by atoms with Gasteiger partial charge in [0.15, 0.2) is 0 Å². The molecular formula is C16H32N2. The Morgan fingerprint density at radius 2 is 1.83 bits per heavy atom. The summed E-state index contributed by atoms with van der Waals surface area (Å²) in [6.45, 7) is 12.2. The van der Waals surface area contributed by atoms with Crippen molar-refractivity contribution < 1.29 is 0 Å². The molecule has 0 aromatic carbocycles. The molecule has 2 fully saturated rings. The van der Waals surface area contributed by atoms with Crippen molar-refractivity contribution in [3.05, 3.63) is 0 Å². The Kier molecular flexibility index (Phi) is 5.50. The predicted molar refractivity (Wildman–Crippen MR) is 78.8 cm³/mol. The van der Waals surface area contributed by atoms with Crippen LogP contribution < -0.4 is 5.32 Å². The summed E-state index contributed by atoms with van der Waals surface area (Å²) in [6.07, 6.45) is 7.13. The number of hydrogen-bond donors (Lipinski definition) is 1. The Balaban J connectivity index is 1.83. The number of piperidine rings is 1. The van der Waals surface area contributed by atoms with Crippen LogP contribution in [-0.2, 0) is 0 Å². The van der Waals surface area contributed by atoms with E-state index in [-0.39, 0.29) is 0 Å². The van der Waals surface area contributed by atoms with E-state index in [0.29, 0.717) is 0 Å². The molecule has 0 amide bonds. The summed E-state index contributed by atoms with van der Waals surface area (Å²) in [5.41, 5.74) is 0. The van der Waals surface area contributed by atoms with E-state index in [2.05, 4.69) is 31.0 Å². The lowest BCUT2D eigenvalue weighted by atomic mass is 9.82. The highest BCUT2D eigenvalue weighted by Crippen LogP contribution is 2.28. The molecule has 0 radical (unpaired) electrons. The summed E-state index contributed by atoms with van der Waals surface area (Å²) in [6, 6.07) is 0.790. The third kappa shape index (κ3) is 3.71. The molecule has 1 aliphatic carbocycles. The number of likely N-dealkylation sites (tertiary alicyclic amines) is 1. The Morgan fingerprint density at radius 3 is 2.56 bits per heavy atom. The van der Waals surface area contributed by atoms with Crippen molar-refractivity contribution in [3.63, 3.8) is 0 Å². The average Bonchev–Trinajstić information content (AvgIpc) is 2.37. The highest BCUT2D eigenvalue weighted by molar-refractivity contribution is 4.85. The lowest BCUT2D eigenvalue weighted by Crippen LogP contribution is -2.47. The van der Waals surface area contributed by atoms with Crippen LogP contribution in [-0.4, -0.2) is 37.1 Å². The minimum atomic E-state index is 0.790. The molecular weight excluding hydrogens is 220 g/mol. The van der Waals surface area contributed by atoms with E-state index < -0.39 is 0 Å². The fourth-order valence-electron chi connectivity index (χ4n) is 3.80. The summed E-state index contributed by atoms with van der Waals surface area (Å²) in [5, 5.41) is 3.72. The Morgan fingerprint density at radius 1 is 1.06 bits per heavy atom. The molecule has 0 aromatic rings. The van der Waals surface area contributed by atoms with Gasteiger partial charge in [0.05, 0.1) is 0 Å². The molecule has 1 N–H and O–H groups in total. The zero-order chi connectivity index (χ0) is 13.0. The first-order valence-corrected chi connectivity index (χ1v) is 8.16. The monoisotopic (exact) mass is 252 g/mol. The second kappa shape index (κ2) is 6.91. The second-order valence-corrected chi connectivity index (χ2v) is 6.71. The summed E-state index contributed by atoms with van der Waals surface area (Å²) in [7, 11) is 0. The van der Waals surface area contributed by atoms with Crippen LogP contribution in [0, 0.1) is 17.8 Å². The first-order valence-electron chi connectivity index (χ1n) is 8.16. The zero-order valence-corrected chi connectivity index (χ0v) is 12.6. The van der Waals surface area contributed by atoms with Gasteiger partial charge in [0.1, 0.15) is 0 Å². The van der Waals surface area contributed by atoms with E-state index >= 15 is 0 Å². The van der Waals surface area contributed by atoms with Gasteiger partial charge in [-0.15, -0.1) is 0 Å². The number of hydrogen-bond acceptors (Lipinski definition) is 2. The lowest BCUT2D eigenvalue weighted by Gasteiger charge is -2.40. The highest BCUT2D eigenvalue weighted by atomic mass is 15.1. The van der Waals surface area contributed by atoms with Crippen molar-refractivity contribution >= 4 is 0 Å². The maximum atomic E-state index is 3.72. The molecule has 2 rings (SSSR count). The highest BCUT2D eigenvalue weighted by Gasteiger charge is 2.29. The summed E-state index contributed by atoms with van der Waals surface area (Å²) < 4.78 is 0. The van der Waals surface area contributed by atoms with Gasteiger partial charge in [0.25, 0.3) is 0 Å². The van der Waals surface area contributed by atoms with Crippen LogP contribution in [0.5, 0.6) is 0 Å². The van der Waals surface area contributed by atoms with Crippen LogP contribution in [0.4, 0.5) is 0 Å². The van der Waals surface area contributed by atoms with Gasteiger partial charge >= 0.3 is 0 Å². The Bertz CT molecular complexity index is 239.